The second-order valence-corrected chi connectivity index (χ2v) is 6.69. The smallest absolute Gasteiger partial charge is 0.330 e. The van der Waals surface area contributed by atoms with E-state index < -0.39 is 17.0 Å². The average Bonchev–Trinajstić information content (AvgIpc) is 2.61. The lowest BCUT2D eigenvalue weighted by atomic mass is 10.0. The number of anilines is 2. The Morgan fingerprint density at radius 3 is 2.67 bits per heavy atom. The number of carbonyl (C=O) groups is 1. The van der Waals surface area contributed by atoms with Crippen LogP contribution in [0.25, 0.3) is 0 Å². The van der Waals surface area contributed by atoms with Crippen LogP contribution in [0.3, 0.4) is 0 Å². The fraction of sp³-hybridized carbons (Fsp3) is 0.421. The topological polar surface area (TPSA) is 110 Å². The van der Waals surface area contributed by atoms with Crippen LogP contribution in [-0.2, 0) is 11.3 Å². The number of nitrogens with zero attached hydrogens (tertiary/aromatic N) is 2. The SMILES string of the molecule is COCCn1c(N)c(C(=O)CN(C)c2cccc(C(C)C)c2)c(=O)[nH]c1=O. The number of likely N-dealkylation sites (N-methyl/N-ethyl adjacent to an activating group) is 1. The largest absolute Gasteiger partial charge is 0.384 e. The molecule has 0 aliphatic carbocycles. The summed E-state index contributed by atoms with van der Waals surface area (Å²) in [5, 5.41) is 0. The Bertz CT molecular complexity index is 930. The van der Waals surface area contributed by atoms with Crippen molar-refractivity contribution in [2.24, 2.45) is 0 Å². The molecule has 0 saturated heterocycles. The zero-order chi connectivity index (χ0) is 20.1. The number of rotatable bonds is 8. The van der Waals surface area contributed by atoms with Crippen molar-refractivity contribution in [3.63, 3.8) is 0 Å². The van der Waals surface area contributed by atoms with Gasteiger partial charge in [-0.05, 0) is 23.6 Å². The molecule has 0 aliphatic rings. The zero-order valence-electron chi connectivity index (χ0n) is 16.1. The van der Waals surface area contributed by atoms with E-state index >= 15 is 0 Å². The van der Waals surface area contributed by atoms with Crippen molar-refractivity contribution in [3.8, 4) is 0 Å². The number of hydrogen-bond donors (Lipinski definition) is 2. The second-order valence-electron chi connectivity index (χ2n) is 6.69. The first-order valence-corrected chi connectivity index (χ1v) is 8.72. The van der Waals surface area contributed by atoms with Gasteiger partial charge >= 0.3 is 5.69 Å². The lowest BCUT2D eigenvalue weighted by Gasteiger charge is -2.20. The van der Waals surface area contributed by atoms with Gasteiger partial charge < -0.3 is 15.4 Å². The number of Topliss-reactive ketones (excluding diaryl/α,β-unsaturated/α-hetero) is 1. The second kappa shape index (κ2) is 8.68. The predicted molar refractivity (Wildman–Crippen MR) is 106 cm³/mol. The maximum atomic E-state index is 12.7. The number of hydrogen-bond acceptors (Lipinski definition) is 6. The van der Waals surface area contributed by atoms with Crippen molar-refractivity contribution in [2.75, 3.05) is 37.9 Å². The molecule has 146 valence electrons. The molecule has 0 aliphatic heterocycles. The van der Waals surface area contributed by atoms with E-state index in [1.165, 1.54) is 7.11 Å². The van der Waals surface area contributed by atoms with Crippen molar-refractivity contribution in [1.29, 1.82) is 0 Å². The highest BCUT2D eigenvalue weighted by Crippen LogP contribution is 2.21. The van der Waals surface area contributed by atoms with Gasteiger partial charge in [-0.1, -0.05) is 26.0 Å². The van der Waals surface area contributed by atoms with Gasteiger partial charge in [0.05, 0.1) is 19.7 Å². The molecule has 2 aromatic rings. The van der Waals surface area contributed by atoms with Gasteiger partial charge in [-0.3, -0.25) is 19.1 Å². The maximum Gasteiger partial charge on any atom is 0.330 e. The van der Waals surface area contributed by atoms with Gasteiger partial charge in [0.2, 0.25) is 0 Å². The van der Waals surface area contributed by atoms with Crippen molar-refractivity contribution in [3.05, 3.63) is 56.2 Å². The van der Waals surface area contributed by atoms with Gasteiger partial charge in [-0.25, -0.2) is 4.79 Å². The predicted octanol–water partition coefficient (Wildman–Crippen LogP) is 1.21. The molecule has 1 aromatic carbocycles. The van der Waals surface area contributed by atoms with Gasteiger partial charge in [0, 0.05) is 19.8 Å². The quantitative estimate of drug-likeness (QED) is 0.672. The summed E-state index contributed by atoms with van der Waals surface area (Å²) in [5.74, 6) is -0.246. The standard InChI is InChI=1S/C19H26N4O4/c1-12(2)13-6-5-7-14(10-13)22(3)11-15(24)16-17(20)23(8-9-27-4)19(26)21-18(16)25/h5-7,10,12H,8-9,11,20H2,1-4H3,(H,21,25,26). The number of nitrogen functional groups attached to an aromatic ring is 1. The number of aromatic nitrogens is 2. The fourth-order valence-corrected chi connectivity index (χ4v) is 2.77. The molecule has 0 radical (unpaired) electrons. The lowest BCUT2D eigenvalue weighted by molar-refractivity contribution is 0.0998. The van der Waals surface area contributed by atoms with Crippen molar-refractivity contribution >= 4 is 17.3 Å². The molecule has 0 unspecified atom stereocenters. The van der Waals surface area contributed by atoms with E-state index in [2.05, 4.69) is 18.8 Å². The first kappa shape index (κ1) is 20.4. The molecule has 1 aromatic heterocycles. The van der Waals surface area contributed by atoms with Gasteiger partial charge in [0.25, 0.3) is 5.56 Å². The van der Waals surface area contributed by atoms with Crippen molar-refractivity contribution in [2.45, 2.75) is 26.3 Å². The van der Waals surface area contributed by atoms with Crippen LogP contribution in [0, 0.1) is 0 Å². The number of aromatic amines is 1. The Balaban J connectivity index is 2.31. The summed E-state index contributed by atoms with van der Waals surface area (Å²) in [6.07, 6.45) is 0. The summed E-state index contributed by atoms with van der Waals surface area (Å²) in [5.41, 5.74) is 6.31. The van der Waals surface area contributed by atoms with Gasteiger partial charge in [-0.15, -0.1) is 0 Å². The van der Waals surface area contributed by atoms with Crippen LogP contribution in [0.5, 0.6) is 0 Å². The fourth-order valence-electron chi connectivity index (χ4n) is 2.77. The monoisotopic (exact) mass is 374 g/mol. The number of ketones is 1. The highest BCUT2D eigenvalue weighted by Gasteiger charge is 2.20. The number of methoxy groups -OCH3 is 1. The molecule has 8 heteroatoms. The van der Waals surface area contributed by atoms with E-state index in [0.717, 1.165) is 15.8 Å². The van der Waals surface area contributed by atoms with Crippen LogP contribution < -0.4 is 21.9 Å². The Morgan fingerprint density at radius 1 is 1.33 bits per heavy atom. The number of nitrogens with two attached hydrogens (primary N) is 1. The molecule has 2 rings (SSSR count). The summed E-state index contributed by atoms with van der Waals surface area (Å²) < 4.78 is 6.08. The molecule has 0 amide bonds. The Labute approximate surface area is 157 Å². The minimum atomic E-state index is -0.777. The third kappa shape index (κ3) is 4.65. The molecule has 3 N–H and O–H groups in total. The first-order chi connectivity index (χ1) is 12.8. The third-order valence-corrected chi connectivity index (χ3v) is 4.40. The van der Waals surface area contributed by atoms with E-state index in [-0.39, 0.29) is 31.1 Å². The summed E-state index contributed by atoms with van der Waals surface area (Å²) in [6, 6.07) is 7.85. The van der Waals surface area contributed by atoms with Crippen LogP contribution in [0.2, 0.25) is 0 Å². The normalized spacial score (nSPS) is 11.0. The zero-order valence-corrected chi connectivity index (χ0v) is 16.1. The summed E-state index contributed by atoms with van der Waals surface area (Å²) in [4.78, 5) is 40.7. The van der Waals surface area contributed by atoms with Crippen molar-refractivity contribution < 1.29 is 9.53 Å². The summed E-state index contributed by atoms with van der Waals surface area (Å²) in [7, 11) is 3.25. The highest BCUT2D eigenvalue weighted by molar-refractivity contribution is 6.02. The van der Waals surface area contributed by atoms with Gasteiger partial charge in [0.1, 0.15) is 11.4 Å². The Kier molecular flexibility index (Phi) is 6.57. The molecule has 0 atom stereocenters. The van der Waals surface area contributed by atoms with Crippen LogP contribution in [0.1, 0.15) is 35.7 Å². The Morgan fingerprint density at radius 2 is 2.04 bits per heavy atom. The van der Waals surface area contributed by atoms with Crippen LogP contribution in [0.15, 0.2) is 33.9 Å². The molecular weight excluding hydrogens is 348 g/mol. The van der Waals surface area contributed by atoms with E-state index in [1.807, 2.05) is 24.3 Å². The maximum absolute atomic E-state index is 12.7. The number of benzene rings is 1. The van der Waals surface area contributed by atoms with Gasteiger partial charge in [0.15, 0.2) is 5.78 Å². The molecule has 1 heterocycles. The molecule has 0 bridgehead atoms. The summed E-state index contributed by atoms with van der Waals surface area (Å²) >= 11 is 0. The minimum Gasteiger partial charge on any atom is -0.384 e. The molecule has 0 spiro atoms. The van der Waals surface area contributed by atoms with Crippen LogP contribution in [0.4, 0.5) is 11.5 Å². The highest BCUT2D eigenvalue weighted by atomic mass is 16.5. The number of nitrogens with one attached hydrogen (secondary N) is 1. The molecule has 0 saturated carbocycles. The number of carbonyl (C=O) groups excluding carboxylic acids is 1. The molecule has 8 nitrogen and oxygen atoms in total. The average molecular weight is 374 g/mol. The van der Waals surface area contributed by atoms with Gasteiger partial charge in [-0.2, -0.15) is 0 Å². The van der Waals surface area contributed by atoms with E-state index in [4.69, 9.17) is 10.5 Å². The van der Waals surface area contributed by atoms with Crippen LogP contribution >= 0.6 is 0 Å². The third-order valence-electron chi connectivity index (χ3n) is 4.40. The van der Waals surface area contributed by atoms with E-state index in [0.29, 0.717) is 5.92 Å². The lowest BCUT2D eigenvalue weighted by Crippen LogP contribution is -2.39. The summed E-state index contributed by atoms with van der Waals surface area (Å²) in [6.45, 7) is 4.51. The first-order valence-electron chi connectivity index (χ1n) is 8.72. The van der Waals surface area contributed by atoms with E-state index in [9.17, 15) is 14.4 Å². The Hall–Kier alpha value is -2.87. The molecule has 0 fully saturated rings. The number of ether oxygens (including phenoxy) is 1. The number of H-pyrrole nitrogens is 1. The van der Waals surface area contributed by atoms with Crippen LogP contribution in [-0.4, -0.2) is 42.6 Å². The molecular formula is C19H26N4O4. The minimum absolute atomic E-state index is 0.0443. The molecule has 27 heavy (non-hydrogen) atoms. The van der Waals surface area contributed by atoms with E-state index in [1.54, 1.807) is 11.9 Å². The van der Waals surface area contributed by atoms with Crippen molar-refractivity contribution in [1.82, 2.24) is 9.55 Å².